The standard InChI is InChI=1S/C23H19N3O3/c27-19(13-20(28)23-24-15-25-26-23)21-18(12-11-16-7-3-1-4-8-16)14-29-22(21)17-9-5-2-6-10-17/h1-10,13-15,27H,11-12H2,(H,24,25,26). The van der Waals surface area contributed by atoms with E-state index in [2.05, 4.69) is 27.3 Å². The molecule has 0 aliphatic carbocycles. The van der Waals surface area contributed by atoms with E-state index in [4.69, 9.17) is 4.42 Å². The second-order valence-corrected chi connectivity index (χ2v) is 6.54. The maximum atomic E-state index is 12.3. The van der Waals surface area contributed by atoms with Gasteiger partial charge in [-0.3, -0.25) is 9.89 Å². The third-order valence-corrected chi connectivity index (χ3v) is 4.60. The summed E-state index contributed by atoms with van der Waals surface area (Å²) in [6.07, 6.45) is 5.47. The summed E-state index contributed by atoms with van der Waals surface area (Å²) in [5, 5.41) is 17.0. The van der Waals surface area contributed by atoms with Crippen molar-refractivity contribution in [3.8, 4) is 11.3 Å². The van der Waals surface area contributed by atoms with E-state index in [1.54, 1.807) is 6.26 Å². The van der Waals surface area contributed by atoms with Gasteiger partial charge in [-0.1, -0.05) is 60.7 Å². The zero-order valence-corrected chi connectivity index (χ0v) is 15.6. The van der Waals surface area contributed by atoms with Gasteiger partial charge in [0.2, 0.25) is 5.78 Å². The summed E-state index contributed by atoms with van der Waals surface area (Å²) < 4.78 is 5.82. The smallest absolute Gasteiger partial charge is 0.226 e. The van der Waals surface area contributed by atoms with E-state index < -0.39 is 5.78 Å². The number of rotatable bonds is 7. The van der Waals surface area contributed by atoms with Crippen LogP contribution in [-0.4, -0.2) is 26.1 Å². The summed E-state index contributed by atoms with van der Waals surface area (Å²) in [5.74, 6) is -0.0452. The predicted octanol–water partition coefficient (Wildman–Crippen LogP) is 4.63. The molecule has 144 valence electrons. The number of aromatic amines is 1. The number of allylic oxidation sites excluding steroid dienone is 1. The molecule has 0 aliphatic heterocycles. The summed E-state index contributed by atoms with van der Waals surface area (Å²) in [7, 11) is 0. The summed E-state index contributed by atoms with van der Waals surface area (Å²) in [6, 6.07) is 19.6. The van der Waals surface area contributed by atoms with Gasteiger partial charge in [0.05, 0.1) is 11.8 Å². The lowest BCUT2D eigenvalue weighted by Crippen LogP contribution is -2.01. The SMILES string of the molecule is O=C(C=C(O)c1c(CCc2ccccc2)coc1-c1ccccc1)c1ncn[nH]1. The number of aliphatic hydroxyl groups is 1. The van der Waals surface area contributed by atoms with Crippen LogP contribution in [0.5, 0.6) is 0 Å². The average Bonchev–Trinajstić information content (AvgIpc) is 3.44. The van der Waals surface area contributed by atoms with Crippen LogP contribution in [0, 0.1) is 0 Å². The molecule has 0 fully saturated rings. The average molecular weight is 385 g/mol. The van der Waals surface area contributed by atoms with Crippen LogP contribution in [0.15, 0.2) is 83.7 Å². The number of nitrogens with zero attached hydrogens (tertiary/aromatic N) is 2. The molecule has 2 N–H and O–H groups in total. The van der Waals surface area contributed by atoms with Gasteiger partial charge in [0, 0.05) is 17.2 Å². The van der Waals surface area contributed by atoms with Gasteiger partial charge >= 0.3 is 0 Å². The molecular formula is C23H19N3O3. The minimum Gasteiger partial charge on any atom is -0.507 e. The third-order valence-electron chi connectivity index (χ3n) is 4.60. The van der Waals surface area contributed by atoms with E-state index in [9.17, 15) is 9.90 Å². The predicted molar refractivity (Wildman–Crippen MR) is 109 cm³/mol. The first-order valence-corrected chi connectivity index (χ1v) is 9.23. The van der Waals surface area contributed by atoms with Crippen LogP contribution in [0.4, 0.5) is 0 Å². The lowest BCUT2D eigenvalue weighted by atomic mass is 9.98. The van der Waals surface area contributed by atoms with Crippen molar-refractivity contribution in [2.24, 2.45) is 0 Å². The molecule has 0 saturated heterocycles. The van der Waals surface area contributed by atoms with E-state index in [0.29, 0.717) is 17.7 Å². The Morgan fingerprint density at radius 1 is 1.03 bits per heavy atom. The Bertz CT molecular complexity index is 1110. The molecule has 0 aliphatic rings. The van der Waals surface area contributed by atoms with Crippen molar-refractivity contribution >= 4 is 11.5 Å². The molecule has 0 saturated carbocycles. The molecule has 2 heterocycles. The zero-order valence-electron chi connectivity index (χ0n) is 15.6. The number of carbonyl (C=O) groups excluding carboxylic acids is 1. The maximum Gasteiger partial charge on any atom is 0.226 e. The minimum absolute atomic E-state index is 0.0622. The Hall–Kier alpha value is -3.93. The highest BCUT2D eigenvalue weighted by Gasteiger charge is 2.20. The third kappa shape index (κ3) is 4.16. The molecule has 6 nitrogen and oxygen atoms in total. The van der Waals surface area contributed by atoms with Crippen molar-refractivity contribution in [3.63, 3.8) is 0 Å². The second-order valence-electron chi connectivity index (χ2n) is 6.54. The number of hydrogen-bond donors (Lipinski definition) is 2. The number of furan rings is 1. The van der Waals surface area contributed by atoms with Gasteiger partial charge in [-0.2, -0.15) is 5.10 Å². The number of ketones is 1. The van der Waals surface area contributed by atoms with Gasteiger partial charge in [-0.25, -0.2) is 4.98 Å². The van der Waals surface area contributed by atoms with Crippen molar-refractivity contribution in [2.75, 3.05) is 0 Å². The molecule has 0 spiro atoms. The van der Waals surface area contributed by atoms with Gasteiger partial charge in [0.15, 0.2) is 5.82 Å². The number of nitrogens with one attached hydrogen (secondary N) is 1. The fraction of sp³-hybridized carbons (Fsp3) is 0.0870. The zero-order chi connectivity index (χ0) is 20.1. The van der Waals surface area contributed by atoms with Crippen LogP contribution in [-0.2, 0) is 12.8 Å². The molecule has 2 aromatic heterocycles. The van der Waals surface area contributed by atoms with Gasteiger partial charge < -0.3 is 9.52 Å². The monoisotopic (exact) mass is 385 g/mol. The largest absolute Gasteiger partial charge is 0.507 e. The molecule has 4 aromatic rings. The number of aryl methyl sites for hydroxylation is 2. The van der Waals surface area contributed by atoms with Crippen LogP contribution >= 0.6 is 0 Å². The van der Waals surface area contributed by atoms with Gasteiger partial charge in [0.1, 0.15) is 17.8 Å². The highest BCUT2D eigenvalue weighted by Crippen LogP contribution is 2.33. The van der Waals surface area contributed by atoms with Crippen LogP contribution in [0.2, 0.25) is 0 Å². The van der Waals surface area contributed by atoms with E-state index in [-0.39, 0.29) is 11.6 Å². The number of aliphatic hydroxyl groups excluding tert-OH is 1. The maximum absolute atomic E-state index is 12.3. The first kappa shape index (κ1) is 18.4. The fourth-order valence-electron chi connectivity index (χ4n) is 3.17. The highest BCUT2D eigenvalue weighted by molar-refractivity contribution is 6.05. The molecule has 0 bridgehead atoms. The molecular weight excluding hydrogens is 366 g/mol. The minimum atomic E-state index is -0.464. The Morgan fingerprint density at radius 3 is 2.45 bits per heavy atom. The molecule has 4 rings (SSSR count). The van der Waals surface area contributed by atoms with E-state index in [1.807, 2.05) is 48.5 Å². The van der Waals surface area contributed by atoms with Crippen LogP contribution in [0.1, 0.15) is 27.3 Å². The van der Waals surface area contributed by atoms with Crippen molar-refractivity contribution < 1.29 is 14.3 Å². The first-order chi connectivity index (χ1) is 14.2. The van der Waals surface area contributed by atoms with Crippen molar-refractivity contribution in [1.82, 2.24) is 15.2 Å². The summed E-state index contributed by atoms with van der Waals surface area (Å²) in [6.45, 7) is 0. The Kier molecular flexibility index (Phi) is 5.33. The van der Waals surface area contributed by atoms with E-state index >= 15 is 0 Å². The number of hydrogen-bond acceptors (Lipinski definition) is 5. The molecule has 0 unspecified atom stereocenters. The van der Waals surface area contributed by atoms with Crippen LogP contribution < -0.4 is 0 Å². The second kappa shape index (κ2) is 8.39. The molecule has 0 radical (unpaired) electrons. The van der Waals surface area contributed by atoms with Gasteiger partial charge in [-0.15, -0.1) is 0 Å². The fourth-order valence-corrected chi connectivity index (χ4v) is 3.17. The molecule has 6 heteroatoms. The number of carbonyl (C=O) groups is 1. The van der Waals surface area contributed by atoms with E-state index in [0.717, 1.165) is 23.6 Å². The number of aromatic nitrogens is 3. The molecule has 0 amide bonds. The molecule has 2 aromatic carbocycles. The molecule has 29 heavy (non-hydrogen) atoms. The van der Waals surface area contributed by atoms with Gasteiger partial charge in [0.25, 0.3) is 0 Å². The Morgan fingerprint density at radius 2 is 1.76 bits per heavy atom. The normalized spacial score (nSPS) is 11.5. The Balaban J connectivity index is 1.70. The topological polar surface area (TPSA) is 92.0 Å². The van der Waals surface area contributed by atoms with Crippen molar-refractivity contribution in [1.29, 1.82) is 0 Å². The summed E-state index contributed by atoms with van der Waals surface area (Å²) >= 11 is 0. The summed E-state index contributed by atoms with van der Waals surface area (Å²) in [5.41, 5.74) is 3.34. The Labute approximate surface area is 167 Å². The lowest BCUT2D eigenvalue weighted by molar-refractivity contribution is 0.103. The van der Waals surface area contributed by atoms with Crippen molar-refractivity contribution in [2.45, 2.75) is 12.8 Å². The van der Waals surface area contributed by atoms with Crippen molar-refractivity contribution in [3.05, 3.63) is 102 Å². The molecule has 0 atom stereocenters. The lowest BCUT2D eigenvalue weighted by Gasteiger charge is -2.06. The summed E-state index contributed by atoms with van der Waals surface area (Å²) in [4.78, 5) is 16.2. The highest BCUT2D eigenvalue weighted by atomic mass is 16.3. The quantitative estimate of drug-likeness (QED) is 0.275. The first-order valence-electron chi connectivity index (χ1n) is 9.23. The van der Waals surface area contributed by atoms with Gasteiger partial charge in [-0.05, 0) is 18.4 Å². The number of benzene rings is 2. The van der Waals surface area contributed by atoms with Crippen LogP contribution in [0.25, 0.3) is 17.1 Å². The van der Waals surface area contributed by atoms with Crippen LogP contribution in [0.3, 0.4) is 0 Å². The van der Waals surface area contributed by atoms with E-state index in [1.165, 1.54) is 11.9 Å². The number of H-pyrrole nitrogens is 1.